The van der Waals surface area contributed by atoms with Crippen molar-refractivity contribution in [2.75, 3.05) is 11.1 Å². The quantitative estimate of drug-likeness (QED) is 0.694. The summed E-state index contributed by atoms with van der Waals surface area (Å²) in [6.07, 6.45) is -0.0143. The predicted octanol–water partition coefficient (Wildman–Crippen LogP) is 2.12. The van der Waals surface area contributed by atoms with Gasteiger partial charge >= 0.3 is 0 Å². The zero-order valence-electron chi connectivity index (χ0n) is 9.30. The lowest BCUT2D eigenvalue weighted by molar-refractivity contribution is 0.179. The minimum Gasteiger partial charge on any atom is -0.395 e. The molecule has 0 fully saturated rings. The van der Waals surface area contributed by atoms with Crippen LogP contribution < -0.4 is 11.1 Å². The first kappa shape index (κ1) is 12.7. The van der Waals surface area contributed by atoms with E-state index in [1.165, 1.54) is 0 Å². The number of nitrogens with two attached hydrogens (primary N) is 1. The highest BCUT2D eigenvalue weighted by atomic mass is 19.1. The van der Waals surface area contributed by atoms with E-state index < -0.39 is 17.7 Å². The molecule has 1 aromatic carbocycles. The molecule has 2 atom stereocenters. The lowest BCUT2D eigenvalue weighted by Crippen LogP contribution is -2.21. The van der Waals surface area contributed by atoms with Crippen LogP contribution in [-0.4, -0.2) is 17.3 Å². The van der Waals surface area contributed by atoms with Crippen molar-refractivity contribution in [1.29, 1.82) is 0 Å². The molecule has 2 unspecified atom stereocenters. The Balaban J connectivity index is 2.80. The van der Waals surface area contributed by atoms with E-state index >= 15 is 0 Å². The highest BCUT2D eigenvalue weighted by Crippen LogP contribution is 2.24. The number of aliphatic hydroxyl groups excluding tert-OH is 1. The summed E-state index contributed by atoms with van der Waals surface area (Å²) in [6, 6.07) is 1.75. The Bertz CT molecular complexity index is 369. The zero-order valence-corrected chi connectivity index (χ0v) is 9.30. The highest BCUT2D eigenvalue weighted by Gasteiger charge is 2.11. The molecule has 5 heteroatoms. The summed E-state index contributed by atoms with van der Waals surface area (Å²) in [5.41, 5.74) is 5.57. The van der Waals surface area contributed by atoms with Gasteiger partial charge in [-0.25, -0.2) is 8.78 Å². The molecular weight excluding hydrogens is 214 g/mol. The molecule has 3 nitrogen and oxygen atoms in total. The molecule has 0 amide bonds. The Kier molecular flexibility index (Phi) is 4.06. The summed E-state index contributed by atoms with van der Waals surface area (Å²) in [7, 11) is 0. The zero-order chi connectivity index (χ0) is 12.3. The van der Waals surface area contributed by atoms with E-state index in [9.17, 15) is 8.78 Å². The van der Waals surface area contributed by atoms with E-state index in [4.69, 9.17) is 10.8 Å². The molecule has 1 aromatic rings. The van der Waals surface area contributed by atoms with E-state index in [1.807, 2.05) is 0 Å². The molecule has 0 aliphatic rings. The predicted molar refractivity (Wildman–Crippen MR) is 60.2 cm³/mol. The fraction of sp³-hybridized carbons (Fsp3) is 0.455. The van der Waals surface area contributed by atoms with Gasteiger partial charge in [0.05, 0.1) is 17.5 Å². The Hall–Kier alpha value is -1.36. The second kappa shape index (κ2) is 5.12. The van der Waals surface area contributed by atoms with Crippen molar-refractivity contribution in [1.82, 2.24) is 0 Å². The van der Waals surface area contributed by atoms with Gasteiger partial charge in [-0.2, -0.15) is 0 Å². The Morgan fingerprint density at radius 2 is 2.00 bits per heavy atom. The number of aliphatic hydroxyl groups is 1. The first-order valence-electron chi connectivity index (χ1n) is 5.09. The van der Waals surface area contributed by atoms with Crippen molar-refractivity contribution in [2.24, 2.45) is 0 Å². The molecule has 0 spiro atoms. The maximum absolute atomic E-state index is 13.1. The average Bonchev–Trinajstić information content (AvgIpc) is 2.11. The van der Waals surface area contributed by atoms with Crippen LogP contribution in [0.5, 0.6) is 0 Å². The molecule has 0 saturated carbocycles. The summed E-state index contributed by atoms with van der Waals surface area (Å²) in [4.78, 5) is 0. The molecule has 0 bridgehead atoms. The first-order valence-corrected chi connectivity index (χ1v) is 5.09. The van der Waals surface area contributed by atoms with Gasteiger partial charge in [0, 0.05) is 12.1 Å². The Morgan fingerprint density at radius 1 is 1.38 bits per heavy atom. The van der Waals surface area contributed by atoms with Gasteiger partial charge in [-0.05, 0) is 26.3 Å². The third-order valence-corrected chi connectivity index (χ3v) is 2.19. The Morgan fingerprint density at radius 3 is 2.56 bits per heavy atom. The van der Waals surface area contributed by atoms with E-state index in [-0.39, 0.29) is 17.4 Å². The van der Waals surface area contributed by atoms with Crippen molar-refractivity contribution < 1.29 is 13.9 Å². The summed E-state index contributed by atoms with van der Waals surface area (Å²) >= 11 is 0. The van der Waals surface area contributed by atoms with Gasteiger partial charge in [0.2, 0.25) is 0 Å². The maximum atomic E-state index is 13.1. The van der Waals surface area contributed by atoms with Crippen molar-refractivity contribution in [3.05, 3.63) is 23.8 Å². The van der Waals surface area contributed by atoms with Crippen LogP contribution in [0.25, 0.3) is 0 Å². The smallest absolute Gasteiger partial charge is 0.151 e. The van der Waals surface area contributed by atoms with Gasteiger partial charge in [-0.15, -0.1) is 0 Å². The van der Waals surface area contributed by atoms with Crippen molar-refractivity contribution in [3.63, 3.8) is 0 Å². The van der Waals surface area contributed by atoms with Crippen LogP contribution in [0.1, 0.15) is 20.3 Å². The molecule has 0 aliphatic carbocycles. The average molecular weight is 230 g/mol. The summed E-state index contributed by atoms with van der Waals surface area (Å²) in [6.45, 7) is 3.45. The molecule has 16 heavy (non-hydrogen) atoms. The Labute approximate surface area is 93.3 Å². The van der Waals surface area contributed by atoms with Gasteiger partial charge in [0.15, 0.2) is 5.82 Å². The van der Waals surface area contributed by atoms with Crippen LogP contribution in [0.2, 0.25) is 0 Å². The van der Waals surface area contributed by atoms with Crippen molar-refractivity contribution in [3.8, 4) is 0 Å². The number of hydrogen-bond donors (Lipinski definition) is 3. The molecule has 1 rings (SSSR count). The molecule has 4 N–H and O–H groups in total. The number of rotatable bonds is 4. The van der Waals surface area contributed by atoms with Crippen LogP contribution in [0, 0.1) is 11.6 Å². The van der Waals surface area contributed by atoms with E-state index in [0.717, 1.165) is 12.1 Å². The van der Waals surface area contributed by atoms with Gasteiger partial charge in [0.25, 0.3) is 0 Å². The topological polar surface area (TPSA) is 58.3 Å². The van der Waals surface area contributed by atoms with E-state index in [0.29, 0.717) is 6.42 Å². The van der Waals surface area contributed by atoms with Crippen LogP contribution in [0.3, 0.4) is 0 Å². The summed E-state index contributed by atoms with van der Waals surface area (Å²) in [5.74, 6) is -1.47. The van der Waals surface area contributed by atoms with Gasteiger partial charge < -0.3 is 16.2 Å². The molecule has 0 aromatic heterocycles. The van der Waals surface area contributed by atoms with Gasteiger partial charge in [-0.1, -0.05) is 0 Å². The van der Waals surface area contributed by atoms with Gasteiger partial charge in [0.1, 0.15) is 5.82 Å². The van der Waals surface area contributed by atoms with Crippen LogP contribution in [0.4, 0.5) is 20.2 Å². The lowest BCUT2D eigenvalue weighted by Gasteiger charge is -2.18. The van der Waals surface area contributed by atoms with E-state index in [2.05, 4.69) is 5.32 Å². The van der Waals surface area contributed by atoms with Crippen molar-refractivity contribution in [2.45, 2.75) is 32.4 Å². The number of hydrogen-bond acceptors (Lipinski definition) is 3. The van der Waals surface area contributed by atoms with Crippen LogP contribution in [-0.2, 0) is 0 Å². The lowest BCUT2D eigenvalue weighted by atomic mass is 10.1. The fourth-order valence-electron chi connectivity index (χ4n) is 1.54. The fourth-order valence-corrected chi connectivity index (χ4v) is 1.54. The standard InChI is InChI=1S/C11H16F2N2O/c1-6(3-7(2)16)15-10-5-8(12)4-9(13)11(10)14/h4-7,15-16H,3,14H2,1-2H3. The number of anilines is 2. The molecule has 0 aliphatic heterocycles. The second-order valence-electron chi connectivity index (χ2n) is 3.98. The molecular formula is C11H16F2N2O. The normalized spacial score (nSPS) is 14.6. The summed E-state index contributed by atoms with van der Waals surface area (Å²) < 4.78 is 26.0. The minimum atomic E-state index is -0.785. The monoisotopic (exact) mass is 230 g/mol. The first-order chi connectivity index (χ1) is 7.40. The number of nitrogen functional groups attached to an aromatic ring is 1. The number of nitrogens with one attached hydrogen (secondary N) is 1. The van der Waals surface area contributed by atoms with Crippen LogP contribution in [0.15, 0.2) is 12.1 Å². The molecule has 0 heterocycles. The highest BCUT2D eigenvalue weighted by molar-refractivity contribution is 5.67. The molecule has 0 radical (unpaired) electrons. The second-order valence-corrected chi connectivity index (χ2v) is 3.98. The maximum Gasteiger partial charge on any atom is 0.151 e. The molecule has 0 saturated heterocycles. The third-order valence-electron chi connectivity index (χ3n) is 2.19. The largest absolute Gasteiger partial charge is 0.395 e. The van der Waals surface area contributed by atoms with Gasteiger partial charge in [-0.3, -0.25) is 0 Å². The number of halogens is 2. The van der Waals surface area contributed by atoms with Crippen molar-refractivity contribution >= 4 is 11.4 Å². The third kappa shape index (κ3) is 3.34. The number of benzene rings is 1. The van der Waals surface area contributed by atoms with Crippen LogP contribution >= 0.6 is 0 Å². The van der Waals surface area contributed by atoms with E-state index in [1.54, 1.807) is 13.8 Å². The SMILES string of the molecule is CC(O)CC(C)Nc1cc(F)cc(F)c1N. The minimum absolute atomic E-state index is 0.112. The molecule has 90 valence electrons. The summed E-state index contributed by atoms with van der Waals surface area (Å²) in [5, 5.41) is 12.0.